The highest BCUT2D eigenvalue weighted by molar-refractivity contribution is 5.86. The van der Waals surface area contributed by atoms with Crippen molar-refractivity contribution >= 4 is 36.1 Å². The third-order valence-electron chi connectivity index (χ3n) is 13.8. The average molecular weight is 801 g/mol. The first kappa shape index (κ1) is 49.0. The molecule has 0 aromatic heterocycles. The number of methoxy groups -OCH3 is 3. The summed E-state index contributed by atoms with van der Waals surface area (Å²) in [5, 5.41) is 23.4. The Morgan fingerprint density at radius 3 is 1.86 bits per heavy atom. The smallest absolute Gasteiger partial charge is 0.341 e. The monoisotopic (exact) mass is 800 g/mol. The Morgan fingerprint density at radius 1 is 0.821 bits per heavy atom. The summed E-state index contributed by atoms with van der Waals surface area (Å²) in [5.41, 5.74) is -4.70. The first-order valence-corrected chi connectivity index (χ1v) is 19.2. The Balaban J connectivity index is 0.000000541. The van der Waals surface area contributed by atoms with E-state index >= 15 is 0 Å². The average Bonchev–Trinajstić information content (AvgIpc) is 3.76. The molecule has 6 fully saturated rings. The fourth-order valence-corrected chi connectivity index (χ4v) is 11.7. The molecule has 6 aliphatic rings. The van der Waals surface area contributed by atoms with Crippen LogP contribution in [0.2, 0.25) is 0 Å². The number of hydrogen-bond acceptors (Lipinski definition) is 15. The van der Waals surface area contributed by atoms with Crippen molar-refractivity contribution in [2.75, 3.05) is 41.2 Å². The predicted octanol–water partition coefficient (Wildman–Crippen LogP) is 4.00. The van der Waals surface area contributed by atoms with Gasteiger partial charge in [-0.25, -0.2) is 4.79 Å². The molecule has 0 radical (unpaired) electrons. The molecule has 2 aliphatic heterocycles. The third-order valence-corrected chi connectivity index (χ3v) is 13.8. The van der Waals surface area contributed by atoms with E-state index in [0.717, 1.165) is 32.0 Å². The Morgan fingerprint density at radius 2 is 1.41 bits per heavy atom. The lowest BCUT2D eigenvalue weighted by Gasteiger charge is -2.71. The molecule has 0 aromatic carbocycles. The van der Waals surface area contributed by atoms with Crippen molar-refractivity contribution in [1.82, 2.24) is 0 Å². The first-order valence-electron chi connectivity index (χ1n) is 19.2. The van der Waals surface area contributed by atoms with Gasteiger partial charge in [-0.1, -0.05) is 21.3 Å². The summed E-state index contributed by atoms with van der Waals surface area (Å²) >= 11 is 0. The van der Waals surface area contributed by atoms with E-state index < -0.39 is 52.1 Å². The van der Waals surface area contributed by atoms with Crippen molar-refractivity contribution in [2.24, 2.45) is 45.8 Å². The van der Waals surface area contributed by atoms with Crippen LogP contribution in [0.25, 0.3) is 0 Å². The minimum Gasteiger partial charge on any atom is -0.469 e. The van der Waals surface area contributed by atoms with Gasteiger partial charge in [0.05, 0.1) is 51.7 Å². The molecule has 4 saturated carbocycles. The van der Waals surface area contributed by atoms with E-state index in [1.54, 1.807) is 6.92 Å². The number of esters is 5. The van der Waals surface area contributed by atoms with Crippen molar-refractivity contribution < 1.29 is 72.1 Å². The Hall–Kier alpha value is -3.14. The lowest BCUT2D eigenvalue weighted by molar-refractivity contribution is -0.306. The zero-order valence-electron chi connectivity index (χ0n) is 34.5. The first-order chi connectivity index (χ1) is 25.7. The summed E-state index contributed by atoms with van der Waals surface area (Å²) in [6.07, 6.45) is 4.17. The van der Waals surface area contributed by atoms with E-state index in [0.29, 0.717) is 32.0 Å². The number of aldehydes is 1. The van der Waals surface area contributed by atoms with Gasteiger partial charge in [-0.3, -0.25) is 19.2 Å². The second kappa shape index (κ2) is 19.1. The number of hydrogen-bond donors (Lipinski definition) is 2. The van der Waals surface area contributed by atoms with Gasteiger partial charge in [0.1, 0.15) is 18.5 Å². The molecule has 8 unspecified atom stereocenters. The van der Waals surface area contributed by atoms with Gasteiger partial charge in [0.15, 0.2) is 0 Å². The summed E-state index contributed by atoms with van der Waals surface area (Å²) < 4.78 is 36.3. The highest BCUT2D eigenvalue weighted by Gasteiger charge is 2.88. The molecule has 322 valence electrons. The molecule has 13 atom stereocenters. The van der Waals surface area contributed by atoms with E-state index in [1.165, 1.54) is 49.0 Å². The summed E-state index contributed by atoms with van der Waals surface area (Å²) in [6, 6.07) is 0. The summed E-state index contributed by atoms with van der Waals surface area (Å²) in [4.78, 5) is 66.5. The van der Waals surface area contributed by atoms with Crippen LogP contribution in [0.5, 0.6) is 0 Å². The molecule has 0 spiro atoms. The zero-order chi connectivity index (χ0) is 41.7. The van der Waals surface area contributed by atoms with Gasteiger partial charge in [-0.15, -0.1) is 0 Å². The van der Waals surface area contributed by atoms with Gasteiger partial charge in [-0.05, 0) is 86.9 Å². The highest BCUT2D eigenvalue weighted by Crippen LogP contribution is 2.77. The van der Waals surface area contributed by atoms with Gasteiger partial charge in [-0.2, -0.15) is 0 Å². The fraction of sp³-hybridized carbons (Fsp3) is 0.854. The van der Waals surface area contributed by atoms with Crippen molar-refractivity contribution in [2.45, 2.75) is 137 Å². The van der Waals surface area contributed by atoms with Crippen molar-refractivity contribution in [3.63, 3.8) is 0 Å². The van der Waals surface area contributed by atoms with E-state index in [2.05, 4.69) is 28.1 Å². The number of aliphatic hydroxyl groups excluding tert-OH is 1. The molecule has 4 aliphatic carbocycles. The molecule has 15 nitrogen and oxygen atoms in total. The van der Waals surface area contributed by atoms with Gasteiger partial charge in [0.2, 0.25) is 5.60 Å². The summed E-state index contributed by atoms with van der Waals surface area (Å²) in [7, 11) is 4.00. The molecule has 2 heterocycles. The van der Waals surface area contributed by atoms with Crippen LogP contribution >= 0.6 is 0 Å². The van der Waals surface area contributed by atoms with Crippen molar-refractivity contribution in [3.8, 4) is 0 Å². The lowest BCUT2D eigenvalue weighted by atomic mass is 9.34. The second-order valence-electron chi connectivity index (χ2n) is 16.5. The molecular formula is C41H68O15. The lowest BCUT2D eigenvalue weighted by Crippen LogP contribution is -2.78. The van der Waals surface area contributed by atoms with Crippen LogP contribution in [-0.4, -0.2) is 117 Å². The number of carbonyl (C=O) groups excluding carboxylic acids is 6. The largest absolute Gasteiger partial charge is 0.469 e. The number of aliphatic hydroxyl groups is 2. The van der Waals surface area contributed by atoms with Crippen LogP contribution in [-0.2, 0) is 61.9 Å². The van der Waals surface area contributed by atoms with E-state index in [-0.39, 0.29) is 67.6 Å². The minimum atomic E-state index is -1.49. The number of rotatable bonds is 6. The Bertz CT molecular complexity index is 1400. The van der Waals surface area contributed by atoms with E-state index in [4.69, 9.17) is 18.9 Å². The van der Waals surface area contributed by atoms with Gasteiger partial charge >= 0.3 is 29.8 Å². The molecule has 6 rings (SSSR count). The topological polar surface area (TPSA) is 211 Å². The molecule has 0 aromatic rings. The van der Waals surface area contributed by atoms with Crippen LogP contribution in [0.4, 0.5) is 0 Å². The summed E-state index contributed by atoms with van der Waals surface area (Å²) in [5.74, 6) is -1.54. The molecule has 56 heavy (non-hydrogen) atoms. The van der Waals surface area contributed by atoms with Crippen LogP contribution in [0.15, 0.2) is 0 Å². The number of epoxide rings is 1. The number of ether oxygens (including phenoxy) is 7. The van der Waals surface area contributed by atoms with Crippen LogP contribution in [0, 0.1) is 45.8 Å². The standard InChI is InChI=1S/C30H44O9.C4H8O2.2C3H6O2.CH4/c1-16(33)38-22-13-27(3)20-7-6-17-15-37-19(9-11-31)23(17)26(20,2)10-8-21(27)29(35)12-18(14-32)24-30(39-24,25(34)36-5)28(22,29)4;1-3-6-4(2)5;2*1-3(4)5-2;/h11,17-24,32,35H,6-10,12-15H2,1-5H3;3H2,1-2H3;2*1-2H3;1H4/t17?,18?,19?,20?,21?,22-,23?,24?,26+,27+,28+,29+,30?;;;;/m0..../s1. The van der Waals surface area contributed by atoms with Crippen LogP contribution < -0.4 is 0 Å². The number of fused-ring (bicyclic) bond motifs is 9. The van der Waals surface area contributed by atoms with Crippen LogP contribution in [0.3, 0.4) is 0 Å². The van der Waals surface area contributed by atoms with Gasteiger partial charge < -0.3 is 48.2 Å². The van der Waals surface area contributed by atoms with E-state index in [1.807, 2.05) is 6.92 Å². The minimum absolute atomic E-state index is 0. The SMILES string of the molecule is C.CCOC(C)=O.COC(=O)C12OC1C(CO)C[C@@]1(O)C3CC[C@@]4(C)C5C(CCC4[C@@]3(C)C[C@H](OC(C)=O)[C@@]21C)COC5CC=O.COC(C)=O.COC(C)=O. The maximum atomic E-state index is 13.4. The Labute approximate surface area is 332 Å². The Kier molecular flexibility index (Phi) is 16.7. The summed E-state index contributed by atoms with van der Waals surface area (Å²) in [6.45, 7) is 14.6. The zero-order valence-corrected chi connectivity index (χ0v) is 34.5. The molecular weight excluding hydrogens is 732 g/mol. The van der Waals surface area contributed by atoms with Crippen LogP contribution in [0.1, 0.15) is 108 Å². The maximum absolute atomic E-state index is 13.4. The van der Waals surface area contributed by atoms with Crippen molar-refractivity contribution in [3.05, 3.63) is 0 Å². The molecule has 15 heteroatoms. The normalized spacial score (nSPS) is 40.4. The fourth-order valence-electron chi connectivity index (χ4n) is 11.7. The quantitative estimate of drug-likeness (QED) is 0.168. The van der Waals surface area contributed by atoms with Gasteiger partial charge in [0, 0.05) is 46.6 Å². The second-order valence-corrected chi connectivity index (χ2v) is 16.5. The molecule has 0 amide bonds. The number of carbonyl (C=O) groups is 6. The molecule has 2 N–H and O–H groups in total. The maximum Gasteiger partial charge on any atom is 0.341 e. The third kappa shape index (κ3) is 8.51. The van der Waals surface area contributed by atoms with E-state index in [9.17, 15) is 39.0 Å². The van der Waals surface area contributed by atoms with Crippen molar-refractivity contribution in [1.29, 1.82) is 0 Å². The highest BCUT2D eigenvalue weighted by atomic mass is 16.7. The molecule has 0 bridgehead atoms. The molecule has 2 saturated heterocycles. The predicted molar refractivity (Wildman–Crippen MR) is 202 cm³/mol. The van der Waals surface area contributed by atoms with Gasteiger partial charge in [0.25, 0.3) is 0 Å².